The van der Waals surface area contributed by atoms with Crippen molar-refractivity contribution >= 4 is 22.8 Å². The van der Waals surface area contributed by atoms with Crippen molar-refractivity contribution in [2.75, 3.05) is 11.9 Å². The summed E-state index contributed by atoms with van der Waals surface area (Å²) in [5.41, 5.74) is 2.33. The Kier molecular flexibility index (Phi) is 3.50. The van der Waals surface area contributed by atoms with Crippen LogP contribution in [0.1, 0.15) is 19.7 Å². The van der Waals surface area contributed by atoms with Gasteiger partial charge in [0, 0.05) is 12.6 Å². The molecule has 0 amide bonds. The molecule has 0 saturated heterocycles. The third-order valence-electron chi connectivity index (χ3n) is 2.52. The predicted octanol–water partition coefficient (Wildman–Crippen LogP) is 2.50. The number of fused-ring (bicyclic) bond motifs is 1. The van der Waals surface area contributed by atoms with E-state index in [9.17, 15) is 4.79 Å². The first-order valence-electron chi connectivity index (χ1n) is 5.90. The molecule has 18 heavy (non-hydrogen) atoms. The quantitative estimate of drug-likeness (QED) is 0.842. The molecule has 5 nitrogen and oxygen atoms in total. The van der Waals surface area contributed by atoms with Gasteiger partial charge in [-0.3, -0.25) is 0 Å². The molecule has 1 unspecified atom stereocenters. The molecule has 1 atom stereocenters. The van der Waals surface area contributed by atoms with Crippen molar-refractivity contribution in [2.45, 2.75) is 26.8 Å². The van der Waals surface area contributed by atoms with Crippen LogP contribution in [-0.2, 0) is 9.53 Å². The molecule has 5 heteroatoms. The van der Waals surface area contributed by atoms with Crippen LogP contribution < -0.4 is 5.32 Å². The molecule has 0 radical (unpaired) electrons. The zero-order chi connectivity index (χ0) is 13.1. The number of esters is 1. The molecule has 96 valence electrons. The summed E-state index contributed by atoms with van der Waals surface area (Å²) in [7, 11) is 0. The number of carbonyl (C=O) groups excluding carboxylic acids is 1. The molecule has 1 aromatic carbocycles. The molecule has 1 aromatic heterocycles. The fourth-order valence-corrected chi connectivity index (χ4v) is 1.71. The second-order valence-electron chi connectivity index (χ2n) is 4.03. The van der Waals surface area contributed by atoms with E-state index in [0.717, 1.165) is 16.8 Å². The van der Waals surface area contributed by atoms with E-state index in [1.54, 1.807) is 20.8 Å². The van der Waals surface area contributed by atoms with Gasteiger partial charge < -0.3 is 14.5 Å². The number of anilines is 1. The number of rotatable bonds is 4. The van der Waals surface area contributed by atoms with Gasteiger partial charge in [-0.25, -0.2) is 9.78 Å². The number of hydrogen-bond donors (Lipinski definition) is 1. The van der Waals surface area contributed by atoms with Crippen molar-refractivity contribution in [1.82, 2.24) is 4.98 Å². The Hall–Kier alpha value is -2.04. The first-order chi connectivity index (χ1) is 8.60. The number of nitrogens with one attached hydrogen (secondary N) is 1. The maximum Gasteiger partial charge on any atom is 0.328 e. The Labute approximate surface area is 105 Å². The molecular weight excluding hydrogens is 232 g/mol. The average molecular weight is 248 g/mol. The summed E-state index contributed by atoms with van der Waals surface area (Å²) in [4.78, 5) is 15.7. The van der Waals surface area contributed by atoms with Crippen LogP contribution in [0, 0.1) is 6.92 Å². The lowest BCUT2D eigenvalue weighted by Gasteiger charge is -2.13. The summed E-state index contributed by atoms with van der Waals surface area (Å²) in [5, 5.41) is 3.07. The van der Waals surface area contributed by atoms with Gasteiger partial charge >= 0.3 is 5.97 Å². The lowest BCUT2D eigenvalue weighted by atomic mass is 10.2. The van der Waals surface area contributed by atoms with E-state index >= 15 is 0 Å². The largest absolute Gasteiger partial charge is 0.464 e. The van der Waals surface area contributed by atoms with Crippen molar-refractivity contribution in [3.8, 4) is 0 Å². The predicted molar refractivity (Wildman–Crippen MR) is 68.5 cm³/mol. The normalized spacial score (nSPS) is 12.4. The maximum absolute atomic E-state index is 11.5. The minimum atomic E-state index is -0.393. The van der Waals surface area contributed by atoms with Crippen LogP contribution in [0.15, 0.2) is 22.6 Å². The van der Waals surface area contributed by atoms with Gasteiger partial charge in [-0.2, -0.15) is 0 Å². The number of hydrogen-bond acceptors (Lipinski definition) is 5. The Balaban J connectivity index is 2.13. The monoisotopic (exact) mass is 248 g/mol. The van der Waals surface area contributed by atoms with Crippen molar-refractivity contribution in [3.05, 3.63) is 24.1 Å². The van der Waals surface area contributed by atoms with Gasteiger partial charge in [0.1, 0.15) is 11.6 Å². The molecule has 0 aliphatic rings. The highest BCUT2D eigenvalue weighted by Gasteiger charge is 2.13. The van der Waals surface area contributed by atoms with E-state index in [4.69, 9.17) is 9.15 Å². The van der Waals surface area contributed by atoms with Gasteiger partial charge in [-0.15, -0.1) is 0 Å². The Morgan fingerprint density at radius 1 is 1.56 bits per heavy atom. The first kappa shape index (κ1) is 12.4. The smallest absolute Gasteiger partial charge is 0.328 e. The van der Waals surface area contributed by atoms with Crippen molar-refractivity contribution in [1.29, 1.82) is 0 Å². The minimum absolute atomic E-state index is 0.270. The second kappa shape index (κ2) is 5.08. The van der Waals surface area contributed by atoms with Gasteiger partial charge in [0.05, 0.1) is 6.61 Å². The summed E-state index contributed by atoms with van der Waals surface area (Å²) in [6.45, 7) is 5.73. The van der Waals surface area contributed by atoms with E-state index in [1.807, 2.05) is 18.2 Å². The fraction of sp³-hybridized carbons (Fsp3) is 0.385. The SMILES string of the molecule is CCOC(=O)C(C)Nc1ccc2oc(C)nc2c1. The Morgan fingerprint density at radius 2 is 2.33 bits per heavy atom. The summed E-state index contributed by atoms with van der Waals surface area (Å²) in [6, 6.07) is 5.13. The first-order valence-corrected chi connectivity index (χ1v) is 5.90. The van der Waals surface area contributed by atoms with E-state index in [0.29, 0.717) is 12.5 Å². The average Bonchev–Trinajstić information content (AvgIpc) is 2.68. The van der Waals surface area contributed by atoms with Gasteiger partial charge in [0.15, 0.2) is 11.5 Å². The van der Waals surface area contributed by atoms with Crippen LogP contribution in [0.4, 0.5) is 5.69 Å². The standard InChI is InChI=1S/C13H16N2O3/c1-4-17-13(16)8(2)14-10-5-6-12-11(7-10)15-9(3)18-12/h5-8,14H,4H2,1-3H3. The highest BCUT2D eigenvalue weighted by molar-refractivity contribution is 5.81. The summed E-state index contributed by atoms with van der Waals surface area (Å²) in [5.74, 6) is 0.356. The molecule has 2 rings (SSSR count). The van der Waals surface area contributed by atoms with E-state index in [1.165, 1.54) is 0 Å². The third kappa shape index (κ3) is 2.61. The number of aryl methyl sites for hydroxylation is 1. The molecule has 0 aliphatic carbocycles. The summed E-state index contributed by atoms with van der Waals surface area (Å²) in [6.07, 6.45) is 0. The van der Waals surface area contributed by atoms with Crippen LogP contribution in [0.5, 0.6) is 0 Å². The maximum atomic E-state index is 11.5. The van der Waals surface area contributed by atoms with Gasteiger partial charge in [-0.1, -0.05) is 0 Å². The van der Waals surface area contributed by atoms with E-state index < -0.39 is 6.04 Å². The molecule has 0 aliphatic heterocycles. The summed E-state index contributed by atoms with van der Waals surface area (Å²) < 4.78 is 10.3. The van der Waals surface area contributed by atoms with Crippen molar-refractivity contribution in [3.63, 3.8) is 0 Å². The molecule has 1 heterocycles. The van der Waals surface area contributed by atoms with Gasteiger partial charge in [0.2, 0.25) is 0 Å². The molecule has 0 spiro atoms. The van der Waals surface area contributed by atoms with Crippen LogP contribution in [-0.4, -0.2) is 23.6 Å². The van der Waals surface area contributed by atoms with Crippen molar-refractivity contribution < 1.29 is 13.9 Å². The van der Waals surface area contributed by atoms with E-state index in [-0.39, 0.29) is 5.97 Å². The molecule has 0 fully saturated rings. The number of benzene rings is 1. The number of aromatic nitrogens is 1. The number of carbonyl (C=O) groups is 1. The van der Waals surface area contributed by atoms with E-state index in [2.05, 4.69) is 10.3 Å². The van der Waals surface area contributed by atoms with Gasteiger partial charge in [-0.05, 0) is 32.0 Å². The number of nitrogens with zero attached hydrogens (tertiary/aromatic N) is 1. The zero-order valence-electron chi connectivity index (χ0n) is 10.7. The minimum Gasteiger partial charge on any atom is -0.464 e. The lowest BCUT2D eigenvalue weighted by Crippen LogP contribution is -2.28. The highest BCUT2D eigenvalue weighted by atomic mass is 16.5. The number of ether oxygens (including phenoxy) is 1. The molecule has 1 N–H and O–H groups in total. The Bertz CT molecular complexity index is 562. The number of oxazole rings is 1. The van der Waals surface area contributed by atoms with Crippen LogP contribution in [0.3, 0.4) is 0 Å². The summed E-state index contributed by atoms with van der Waals surface area (Å²) >= 11 is 0. The van der Waals surface area contributed by atoms with Crippen LogP contribution in [0.25, 0.3) is 11.1 Å². The molecule has 0 bridgehead atoms. The highest BCUT2D eigenvalue weighted by Crippen LogP contribution is 2.20. The molecular formula is C13H16N2O3. The van der Waals surface area contributed by atoms with Crippen LogP contribution >= 0.6 is 0 Å². The van der Waals surface area contributed by atoms with Crippen molar-refractivity contribution in [2.24, 2.45) is 0 Å². The van der Waals surface area contributed by atoms with Crippen LogP contribution in [0.2, 0.25) is 0 Å². The third-order valence-corrected chi connectivity index (χ3v) is 2.52. The Morgan fingerprint density at radius 3 is 3.06 bits per heavy atom. The second-order valence-corrected chi connectivity index (χ2v) is 4.03. The fourth-order valence-electron chi connectivity index (χ4n) is 1.71. The molecule has 2 aromatic rings. The molecule has 0 saturated carbocycles. The zero-order valence-corrected chi connectivity index (χ0v) is 10.7. The lowest BCUT2D eigenvalue weighted by molar-refractivity contribution is -0.143. The topological polar surface area (TPSA) is 64.4 Å². The van der Waals surface area contributed by atoms with Gasteiger partial charge in [0.25, 0.3) is 0 Å².